The lowest BCUT2D eigenvalue weighted by Gasteiger charge is -2.05. The maximum atomic E-state index is 11.8. The van der Waals surface area contributed by atoms with Crippen LogP contribution in [0.5, 0.6) is 5.75 Å². The highest BCUT2D eigenvalue weighted by Gasteiger charge is 2.13. The number of carbonyl (C=O) groups excluding carboxylic acids is 2. The summed E-state index contributed by atoms with van der Waals surface area (Å²) in [7, 11) is 1.48. The molecule has 128 valence electrons. The van der Waals surface area contributed by atoms with E-state index < -0.39 is 16.7 Å². The molecule has 2 aromatic rings. The lowest BCUT2D eigenvalue weighted by atomic mass is 10.2. The molecule has 0 saturated heterocycles. The first kappa shape index (κ1) is 17.6. The van der Waals surface area contributed by atoms with E-state index in [1.54, 1.807) is 30.3 Å². The number of methoxy groups -OCH3 is 1. The van der Waals surface area contributed by atoms with Crippen molar-refractivity contribution in [1.82, 2.24) is 5.43 Å². The SMILES string of the molecule is COc1cccc(NC(=O)C(=O)NN=Cc2cccc([N+](=O)[O-])c2)c1. The zero-order chi connectivity index (χ0) is 18.2. The normalized spacial score (nSPS) is 10.3. The van der Waals surface area contributed by atoms with Gasteiger partial charge in [-0.1, -0.05) is 18.2 Å². The predicted octanol–water partition coefficient (Wildman–Crippen LogP) is 1.69. The summed E-state index contributed by atoms with van der Waals surface area (Å²) in [4.78, 5) is 33.6. The van der Waals surface area contributed by atoms with Crippen LogP contribution in [-0.2, 0) is 9.59 Å². The monoisotopic (exact) mass is 342 g/mol. The van der Waals surface area contributed by atoms with Crippen molar-refractivity contribution in [3.63, 3.8) is 0 Å². The molecule has 2 rings (SSSR count). The highest BCUT2D eigenvalue weighted by molar-refractivity contribution is 6.39. The highest BCUT2D eigenvalue weighted by Crippen LogP contribution is 2.16. The van der Waals surface area contributed by atoms with Crippen molar-refractivity contribution >= 4 is 29.4 Å². The van der Waals surface area contributed by atoms with Crippen LogP contribution in [0.2, 0.25) is 0 Å². The largest absolute Gasteiger partial charge is 0.497 e. The number of amides is 2. The Balaban J connectivity index is 1.93. The topological polar surface area (TPSA) is 123 Å². The van der Waals surface area contributed by atoms with Crippen molar-refractivity contribution in [3.8, 4) is 5.75 Å². The molecule has 25 heavy (non-hydrogen) atoms. The Labute approximate surface area is 142 Å². The van der Waals surface area contributed by atoms with E-state index in [-0.39, 0.29) is 5.69 Å². The molecule has 0 heterocycles. The number of rotatable bonds is 5. The van der Waals surface area contributed by atoms with Crippen LogP contribution in [0.1, 0.15) is 5.56 Å². The van der Waals surface area contributed by atoms with Gasteiger partial charge in [-0.3, -0.25) is 19.7 Å². The summed E-state index contributed by atoms with van der Waals surface area (Å²) >= 11 is 0. The van der Waals surface area contributed by atoms with Crippen LogP contribution in [-0.4, -0.2) is 30.1 Å². The van der Waals surface area contributed by atoms with E-state index in [1.807, 2.05) is 5.43 Å². The van der Waals surface area contributed by atoms with E-state index in [1.165, 1.54) is 31.5 Å². The molecule has 2 N–H and O–H groups in total. The van der Waals surface area contributed by atoms with E-state index in [9.17, 15) is 19.7 Å². The van der Waals surface area contributed by atoms with Crippen LogP contribution in [0.4, 0.5) is 11.4 Å². The number of nitro groups is 1. The van der Waals surface area contributed by atoms with Crippen molar-refractivity contribution in [2.45, 2.75) is 0 Å². The molecule has 0 aliphatic heterocycles. The number of hydrazone groups is 1. The second kappa shape index (κ2) is 8.20. The number of nitro benzene ring substituents is 1. The fourth-order valence-electron chi connectivity index (χ4n) is 1.82. The van der Waals surface area contributed by atoms with Gasteiger partial charge in [0.2, 0.25) is 0 Å². The zero-order valence-corrected chi connectivity index (χ0v) is 13.1. The molecule has 9 nitrogen and oxygen atoms in total. The molecular formula is C16H14N4O5. The molecule has 0 aliphatic rings. The molecule has 0 bridgehead atoms. The fourth-order valence-corrected chi connectivity index (χ4v) is 1.82. The number of non-ortho nitro benzene ring substituents is 1. The van der Waals surface area contributed by atoms with Crippen molar-refractivity contribution < 1.29 is 19.2 Å². The summed E-state index contributed by atoms with van der Waals surface area (Å²) < 4.78 is 5.01. The van der Waals surface area contributed by atoms with E-state index in [0.717, 1.165) is 0 Å². The molecule has 0 unspecified atom stereocenters. The molecule has 0 atom stereocenters. The smallest absolute Gasteiger partial charge is 0.329 e. The van der Waals surface area contributed by atoms with E-state index in [4.69, 9.17) is 4.74 Å². The van der Waals surface area contributed by atoms with Crippen LogP contribution >= 0.6 is 0 Å². The summed E-state index contributed by atoms with van der Waals surface area (Å²) in [5, 5.41) is 16.7. The van der Waals surface area contributed by atoms with E-state index in [0.29, 0.717) is 17.0 Å². The maximum Gasteiger partial charge on any atom is 0.329 e. The number of anilines is 1. The van der Waals surface area contributed by atoms with Gasteiger partial charge in [0.1, 0.15) is 5.75 Å². The standard InChI is InChI=1S/C16H14N4O5/c1-25-14-7-3-5-12(9-14)18-15(21)16(22)19-17-10-11-4-2-6-13(8-11)20(23)24/h2-10H,1H3,(H,18,21)(H,19,22). The molecule has 2 amide bonds. The first-order chi connectivity index (χ1) is 12.0. The Bertz CT molecular complexity index is 835. The molecule has 0 fully saturated rings. The Hall–Kier alpha value is -3.75. The van der Waals surface area contributed by atoms with Gasteiger partial charge in [0.05, 0.1) is 18.2 Å². The van der Waals surface area contributed by atoms with Gasteiger partial charge in [-0.2, -0.15) is 5.10 Å². The van der Waals surface area contributed by atoms with Gasteiger partial charge in [0, 0.05) is 29.4 Å². The third kappa shape index (κ3) is 5.13. The summed E-state index contributed by atoms with van der Waals surface area (Å²) in [6.07, 6.45) is 1.20. The number of nitrogens with zero attached hydrogens (tertiary/aromatic N) is 2. The van der Waals surface area contributed by atoms with Crippen LogP contribution < -0.4 is 15.5 Å². The van der Waals surface area contributed by atoms with Crippen LogP contribution in [0.15, 0.2) is 53.6 Å². The minimum absolute atomic E-state index is 0.106. The number of carbonyl (C=O) groups is 2. The van der Waals surface area contributed by atoms with Crippen LogP contribution in [0.25, 0.3) is 0 Å². The fraction of sp³-hybridized carbons (Fsp3) is 0.0625. The molecule has 0 radical (unpaired) electrons. The van der Waals surface area contributed by atoms with Crippen LogP contribution in [0.3, 0.4) is 0 Å². The van der Waals surface area contributed by atoms with E-state index in [2.05, 4.69) is 10.4 Å². The van der Waals surface area contributed by atoms with Gasteiger partial charge < -0.3 is 10.1 Å². The third-order valence-corrected chi connectivity index (χ3v) is 2.99. The van der Waals surface area contributed by atoms with Crippen molar-refractivity contribution in [2.24, 2.45) is 5.10 Å². The molecule has 0 spiro atoms. The highest BCUT2D eigenvalue weighted by atomic mass is 16.6. The number of benzene rings is 2. The Morgan fingerprint density at radius 2 is 1.92 bits per heavy atom. The summed E-state index contributed by atoms with van der Waals surface area (Å²) in [5.41, 5.74) is 2.74. The van der Waals surface area contributed by atoms with E-state index >= 15 is 0 Å². The van der Waals surface area contributed by atoms with Crippen molar-refractivity contribution in [3.05, 3.63) is 64.2 Å². The lowest BCUT2D eigenvalue weighted by molar-refractivity contribution is -0.384. The first-order valence-electron chi connectivity index (χ1n) is 7.02. The van der Waals surface area contributed by atoms with Gasteiger partial charge in [-0.05, 0) is 12.1 Å². The van der Waals surface area contributed by atoms with Gasteiger partial charge in [0.25, 0.3) is 5.69 Å². The zero-order valence-electron chi connectivity index (χ0n) is 13.1. The number of nitrogens with one attached hydrogen (secondary N) is 2. The first-order valence-corrected chi connectivity index (χ1v) is 7.02. The molecule has 9 heteroatoms. The molecule has 0 aromatic heterocycles. The number of hydrogen-bond donors (Lipinski definition) is 2. The van der Waals surface area contributed by atoms with Gasteiger partial charge >= 0.3 is 11.8 Å². The summed E-state index contributed by atoms with van der Waals surface area (Å²) in [5.74, 6) is -1.36. The Morgan fingerprint density at radius 3 is 2.64 bits per heavy atom. The van der Waals surface area contributed by atoms with Gasteiger partial charge in [-0.25, -0.2) is 5.43 Å². The predicted molar refractivity (Wildman–Crippen MR) is 90.5 cm³/mol. The maximum absolute atomic E-state index is 11.8. The summed E-state index contributed by atoms with van der Waals surface area (Å²) in [6, 6.07) is 12.2. The Morgan fingerprint density at radius 1 is 1.16 bits per heavy atom. The average Bonchev–Trinajstić information content (AvgIpc) is 2.62. The Kier molecular flexibility index (Phi) is 5.77. The quantitative estimate of drug-likeness (QED) is 0.370. The average molecular weight is 342 g/mol. The third-order valence-electron chi connectivity index (χ3n) is 2.99. The second-order valence-electron chi connectivity index (χ2n) is 4.74. The van der Waals surface area contributed by atoms with Crippen LogP contribution in [0, 0.1) is 10.1 Å². The second-order valence-corrected chi connectivity index (χ2v) is 4.74. The van der Waals surface area contributed by atoms with Crippen molar-refractivity contribution in [1.29, 1.82) is 0 Å². The molecule has 2 aromatic carbocycles. The molecule has 0 saturated carbocycles. The minimum atomic E-state index is -0.982. The lowest BCUT2D eigenvalue weighted by Crippen LogP contribution is -2.32. The minimum Gasteiger partial charge on any atom is -0.497 e. The number of ether oxygens (including phenoxy) is 1. The molecular weight excluding hydrogens is 328 g/mol. The van der Waals surface area contributed by atoms with Crippen molar-refractivity contribution in [2.75, 3.05) is 12.4 Å². The molecule has 0 aliphatic carbocycles. The van der Waals surface area contributed by atoms with Gasteiger partial charge in [-0.15, -0.1) is 0 Å². The van der Waals surface area contributed by atoms with Gasteiger partial charge in [0.15, 0.2) is 0 Å². The number of hydrogen-bond acceptors (Lipinski definition) is 6. The summed E-state index contributed by atoms with van der Waals surface area (Å²) in [6.45, 7) is 0.